The van der Waals surface area contributed by atoms with Crippen LogP contribution in [0, 0.1) is 11.7 Å². The van der Waals surface area contributed by atoms with E-state index >= 15 is 0 Å². The van der Waals surface area contributed by atoms with Gasteiger partial charge >= 0.3 is 0 Å². The molecule has 1 amide bonds. The first-order valence-corrected chi connectivity index (χ1v) is 11.5. The molecule has 2 N–H and O–H groups in total. The maximum absolute atomic E-state index is 13.1. The van der Waals surface area contributed by atoms with Crippen LogP contribution < -0.4 is 14.8 Å². The van der Waals surface area contributed by atoms with Gasteiger partial charge in [0.2, 0.25) is 15.9 Å². The number of rotatable bonds is 7. The van der Waals surface area contributed by atoms with Gasteiger partial charge in [0.15, 0.2) is 0 Å². The fourth-order valence-electron chi connectivity index (χ4n) is 3.68. The normalized spacial score (nSPS) is 20.4. The molecule has 0 unspecified atom stereocenters. The minimum absolute atomic E-state index is 0.0525. The standard InChI is InChI=1S/C22H27FN2O4S/c1-15(16-3-7-18(23)8-4-16)24-22(26)17-5-9-19(10-6-17)25-30(27,28)21-13-11-20(29-2)12-14-21/h3-4,7-8,11-15,17,19,25H,5-6,9-10H2,1-2H3,(H,24,26)/t15-,17?,19?/m1/s1. The number of methoxy groups -OCH3 is 1. The summed E-state index contributed by atoms with van der Waals surface area (Å²) in [5.41, 5.74) is 0.839. The van der Waals surface area contributed by atoms with Crippen molar-refractivity contribution in [3.05, 3.63) is 59.9 Å². The van der Waals surface area contributed by atoms with E-state index in [-0.39, 0.29) is 34.6 Å². The fraction of sp³-hybridized carbons (Fsp3) is 0.409. The number of carbonyl (C=O) groups is 1. The van der Waals surface area contributed by atoms with Crippen LogP contribution in [-0.4, -0.2) is 27.5 Å². The topological polar surface area (TPSA) is 84.5 Å². The Balaban J connectivity index is 1.51. The number of hydrogen-bond acceptors (Lipinski definition) is 4. The molecule has 0 radical (unpaired) electrons. The van der Waals surface area contributed by atoms with Crippen LogP contribution in [0.4, 0.5) is 4.39 Å². The van der Waals surface area contributed by atoms with Crippen molar-refractivity contribution in [3.8, 4) is 5.75 Å². The number of carbonyl (C=O) groups excluding carboxylic acids is 1. The van der Waals surface area contributed by atoms with Crippen LogP contribution >= 0.6 is 0 Å². The molecule has 1 aliphatic rings. The summed E-state index contributed by atoms with van der Waals surface area (Å²) in [4.78, 5) is 12.8. The van der Waals surface area contributed by atoms with Gasteiger partial charge in [0.1, 0.15) is 11.6 Å². The summed E-state index contributed by atoms with van der Waals surface area (Å²) >= 11 is 0. The lowest BCUT2D eigenvalue weighted by molar-refractivity contribution is -0.126. The molecular weight excluding hydrogens is 407 g/mol. The highest BCUT2D eigenvalue weighted by Gasteiger charge is 2.29. The summed E-state index contributed by atoms with van der Waals surface area (Å²) in [7, 11) is -2.09. The van der Waals surface area contributed by atoms with Gasteiger partial charge in [0, 0.05) is 12.0 Å². The summed E-state index contributed by atoms with van der Waals surface area (Å²) in [5.74, 6) is 0.0703. The highest BCUT2D eigenvalue weighted by Crippen LogP contribution is 2.27. The molecule has 1 aliphatic carbocycles. The molecule has 1 atom stereocenters. The van der Waals surface area contributed by atoms with E-state index in [2.05, 4.69) is 10.0 Å². The van der Waals surface area contributed by atoms with Crippen LogP contribution in [-0.2, 0) is 14.8 Å². The molecular formula is C22H27FN2O4S. The summed E-state index contributed by atoms with van der Waals surface area (Å²) in [5, 5.41) is 2.97. The number of halogens is 1. The lowest BCUT2D eigenvalue weighted by Gasteiger charge is -2.29. The van der Waals surface area contributed by atoms with E-state index in [9.17, 15) is 17.6 Å². The van der Waals surface area contributed by atoms with E-state index in [4.69, 9.17) is 4.74 Å². The van der Waals surface area contributed by atoms with Gasteiger partial charge in [0.25, 0.3) is 0 Å². The van der Waals surface area contributed by atoms with Gasteiger partial charge < -0.3 is 10.1 Å². The molecule has 3 rings (SSSR count). The molecule has 6 nitrogen and oxygen atoms in total. The highest BCUT2D eigenvalue weighted by atomic mass is 32.2. The van der Waals surface area contributed by atoms with E-state index in [1.807, 2.05) is 6.92 Å². The van der Waals surface area contributed by atoms with Crippen LogP contribution in [0.25, 0.3) is 0 Å². The number of ether oxygens (including phenoxy) is 1. The smallest absolute Gasteiger partial charge is 0.240 e. The molecule has 0 bridgehead atoms. The minimum atomic E-state index is -3.62. The first-order valence-electron chi connectivity index (χ1n) is 10.0. The lowest BCUT2D eigenvalue weighted by Crippen LogP contribution is -2.41. The predicted molar refractivity (Wildman–Crippen MR) is 112 cm³/mol. The quantitative estimate of drug-likeness (QED) is 0.698. The van der Waals surface area contributed by atoms with Crippen molar-refractivity contribution < 1.29 is 22.3 Å². The van der Waals surface area contributed by atoms with Crippen LogP contribution in [0.2, 0.25) is 0 Å². The molecule has 1 saturated carbocycles. The Morgan fingerprint density at radius 2 is 1.63 bits per heavy atom. The van der Waals surface area contributed by atoms with Gasteiger partial charge in [-0.05, 0) is 74.6 Å². The van der Waals surface area contributed by atoms with Crippen molar-refractivity contribution in [1.82, 2.24) is 10.0 Å². The molecule has 30 heavy (non-hydrogen) atoms. The van der Waals surface area contributed by atoms with Crippen molar-refractivity contribution in [2.45, 2.75) is 49.6 Å². The summed E-state index contributed by atoms with van der Waals surface area (Å²) in [6.07, 6.45) is 2.41. The number of sulfonamides is 1. The Hall–Kier alpha value is -2.45. The third-order valence-electron chi connectivity index (χ3n) is 5.52. The average molecular weight is 435 g/mol. The predicted octanol–water partition coefficient (Wildman–Crippen LogP) is 3.55. The Kier molecular flexibility index (Phi) is 7.10. The molecule has 162 valence electrons. The first kappa shape index (κ1) is 22.2. The molecule has 2 aromatic carbocycles. The van der Waals surface area contributed by atoms with E-state index in [0.717, 1.165) is 5.56 Å². The Bertz CT molecular complexity index is 954. The van der Waals surface area contributed by atoms with Gasteiger partial charge in [-0.2, -0.15) is 0 Å². The van der Waals surface area contributed by atoms with Crippen molar-refractivity contribution in [1.29, 1.82) is 0 Å². The van der Waals surface area contributed by atoms with Crippen LogP contribution in [0.3, 0.4) is 0 Å². The lowest BCUT2D eigenvalue weighted by atomic mass is 9.85. The zero-order chi connectivity index (χ0) is 21.7. The molecule has 0 aliphatic heterocycles. The molecule has 2 aromatic rings. The zero-order valence-electron chi connectivity index (χ0n) is 17.1. The minimum Gasteiger partial charge on any atom is -0.497 e. The number of nitrogens with one attached hydrogen (secondary N) is 2. The van der Waals surface area contributed by atoms with Crippen molar-refractivity contribution in [2.24, 2.45) is 5.92 Å². The van der Waals surface area contributed by atoms with Crippen LogP contribution in [0.15, 0.2) is 53.4 Å². The summed E-state index contributed by atoms with van der Waals surface area (Å²) in [6.45, 7) is 1.86. The second-order valence-electron chi connectivity index (χ2n) is 7.63. The Labute approximate surface area is 176 Å². The van der Waals surface area contributed by atoms with E-state index in [0.29, 0.717) is 31.4 Å². The van der Waals surface area contributed by atoms with E-state index in [1.165, 1.54) is 31.4 Å². The van der Waals surface area contributed by atoms with Crippen LogP contribution in [0.1, 0.15) is 44.2 Å². The number of benzene rings is 2. The van der Waals surface area contributed by atoms with Crippen molar-refractivity contribution in [3.63, 3.8) is 0 Å². The SMILES string of the molecule is COc1ccc(S(=O)(=O)NC2CCC(C(=O)N[C@H](C)c3ccc(F)cc3)CC2)cc1. The van der Waals surface area contributed by atoms with Crippen molar-refractivity contribution >= 4 is 15.9 Å². The molecule has 0 heterocycles. The van der Waals surface area contributed by atoms with Gasteiger partial charge in [-0.3, -0.25) is 4.79 Å². The molecule has 0 saturated heterocycles. The fourth-order valence-corrected chi connectivity index (χ4v) is 4.99. The van der Waals surface area contributed by atoms with Gasteiger partial charge in [0.05, 0.1) is 18.0 Å². The van der Waals surface area contributed by atoms with Gasteiger partial charge in [-0.15, -0.1) is 0 Å². The highest BCUT2D eigenvalue weighted by molar-refractivity contribution is 7.89. The second-order valence-corrected chi connectivity index (χ2v) is 9.34. The van der Waals surface area contributed by atoms with Crippen molar-refractivity contribution in [2.75, 3.05) is 7.11 Å². The summed E-state index contributed by atoms with van der Waals surface area (Å²) < 4.78 is 46.0. The van der Waals surface area contributed by atoms with Crippen LogP contribution in [0.5, 0.6) is 5.75 Å². The third-order valence-corrected chi connectivity index (χ3v) is 7.05. The Morgan fingerprint density at radius 3 is 2.20 bits per heavy atom. The Morgan fingerprint density at radius 1 is 1.03 bits per heavy atom. The van der Waals surface area contributed by atoms with E-state index < -0.39 is 10.0 Å². The number of amides is 1. The van der Waals surface area contributed by atoms with Gasteiger partial charge in [-0.1, -0.05) is 12.1 Å². The molecule has 1 fully saturated rings. The number of hydrogen-bond donors (Lipinski definition) is 2. The average Bonchev–Trinajstić information content (AvgIpc) is 2.74. The first-order chi connectivity index (χ1) is 14.3. The van der Waals surface area contributed by atoms with Gasteiger partial charge in [-0.25, -0.2) is 17.5 Å². The zero-order valence-corrected chi connectivity index (χ0v) is 17.9. The second kappa shape index (κ2) is 9.57. The molecule has 8 heteroatoms. The summed E-state index contributed by atoms with van der Waals surface area (Å²) in [6, 6.07) is 11.9. The maximum Gasteiger partial charge on any atom is 0.240 e. The largest absolute Gasteiger partial charge is 0.497 e. The van der Waals surface area contributed by atoms with E-state index in [1.54, 1.807) is 24.3 Å². The monoisotopic (exact) mass is 434 g/mol. The third kappa shape index (κ3) is 5.58. The maximum atomic E-state index is 13.1. The molecule has 0 aromatic heterocycles. The molecule has 0 spiro atoms.